The number of hydrogen-bond donors (Lipinski definition) is 0. The molecule has 0 nitrogen and oxygen atoms in total. The number of rotatable bonds is 4. The first kappa shape index (κ1) is 9.79. The molecule has 0 bridgehead atoms. The summed E-state index contributed by atoms with van der Waals surface area (Å²) in [5.74, 6) is -3.19. The van der Waals surface area contributed by atoms with Gasteiger partial charge in [0.25, 0.3) is 5.92 Å². The van der Waals surface area contributed by atoms with E-state index in [1.807, 2.05) is 6.92 Å². The molecule has 0 saturated heterocycles. The summed E-state index contributed by atoms with van der Waals surface area (Å²) < 4.78 is 35.9. The molecule has 0 aromatic rings. The minimum atomic E-state index is -3.10. The molecular weight excluding hydrogens is 141 g/mol. The van der Waals surface area contributed by atoms with Crippen molar-refractivity contribution < 1.29 is 13.2 Å². The van der Waals surface area contributed by atoms with Crippen LogP contribution < -0.4 is 0 Å². The minimum Gasteiger partial charge on any atom is -0.244 e. The first-order chi connectivity index (χ1) is 4.52. The average Bonchev–Trinajstić information content (AvgIpc) is 1.87. The Labute approximate surface area is 59.4 Å². The fourth-order valence-corrected chi connectivity index (χ4v) is 0.709. The third kappa shape index (κ3) is 3.75. The number of halogens is 3. The van der Waals surface area contributed by atoms with Crippen molar-refractivity contribution in [3.8, 4) is 0 Å². The van der Waals surface area contributed by atoms with Crippen LogP contribution in [0.3, 0.4) is 0 Å². The number of hydrogen-bond acceptors (Lipinski definition) is 0. The van der Waals surface area contributed by atoms with Crippen molar-refractivity contribution in [2.75, 3.05) is 6.67 Å². The van der Waals surface area contributed by atoms with Gasteiger partial charge in [-0.2, -0.15) is 0 Å². The van der Waals surface area contributed by atoms with Gasteiger partial charge in [-0.15, -0.1) is 0 Å². The molecule has 0 aliphatic carbocycles. The number of alkyl halides is 3. The summed E-state index contributed by atoms with van der Waals surface area (Å²) in [6.45, 7) is 1.99. The second kappa shape index (κ2) is 3.84. The highest BCUT2D eigenvalue weighted by atomic mass is 19.3. The molecule has 10 heavy (non-hydrogen) atoms. The van der Waals surface area contributed by atoms with E-state index in [4.69, 9.17) is 0 Å². The Morgan fingerprint density at radius 1 is 1.40 bits per heavy atom. The minimum absolute atomic E-state index is 0.0919. The standard InChI is InChI=1S/C7H13F3/c1-3-6(2)4-7(9,10)5-8/h6H,3-5H2,1-2H3. The quantitative estimate of drug-likeness (QED) is 0.583. The monoisotopic (exact) mass is 154 g/mol. The molecule has 0 aliphatic heterocycles. The van der Waals surface area contributed by atoms with E-state index in [9.17, 15) is 13.2 Å². The summed E-state index contributed by atoms with van der Waals surface area (Å²) in [6, 6.07) is 0. The smallest absolute Gasteiger partial charge is 0.244 e. The maximum Gasteiger partial charge on any atom is 0.276 e. The molecule has 0 fully saturated rings. The zero-order valence-electron chi connectivity index (χ0n) is 6.33. The third-order valence-corrected chi connectivity index (χ3v) is 1.54. The van der Waals surface area contributed by atoms with Gasteiger partial charge in [-0.1, -0.05) is 20.3 Å². The molecule has 0 spiro atoms. The van der Waals surface area contributed by atoms with E-state index < -0.39 is 12.6 Å². The largest absolute Gasteiger partial charge is 0.276 e. The van der Waals surface area contributed by atoms with Crippen molar-refractivity contribution in [1.29, 1.82) is 0 Å². The van der Waals surface area contributed by atoms with Crippen LogP contribution in [0.2, 0.25) is 0 Å². The molecular formula is C7H13F3. The van der Waals surface area contributed by atoms with Gasteiger partial charge in [-0.25, -0.2) is 13.2 Å². The third-order valence-electron chi connectivity index (χ3n) is 1.54. The molecule has 0 radical (unpaired) electrons. The lowest BCUT2D eigenvalue weighted by molar-refractivity contribution is -0.0420. The lowest BCUT2D eigenvalue weighted by Crippen LogP contribution is -2.21. The van der Waals surface area contributed by atoms with Crippen LogP contribution >= 0.6 is 0 Å². The summed E-state index contributed by atoms with van der Waals surface area (Å²) in [5, 5.41) is 0. The Bertz CT molecular complexity index is 90.9. The van der Waals surface area contributed by atoms with Gasteiger partial charge in [0.15, 0.2) is 6.67 Å². The highest BCUT2D eigenvalue weighted by Crippen LogP contribution is 2.25. The Morgan fingerprint density at radius 2 is 1.90 bits per heavy atom. The van der Waals surface area contributed by atoms with Crippen LogP contribution in [0.5, 0.6) is 0 Å². The van der Waals surface area contributed by atoms with Gasteiger partial charge in [0.2, 0.25) is 0 Å². The first-order valence-electron chi connectivity index (χ1n) is 3.45. The van der Waals surface area contributed by atoms with E-state index >= 15 is 0 Å². The lowest BCUT2D eigenvalue weighted by Gasteiger charge is -2.15. The van der Waals surface area contributed by atoms with Crippen LogP contribution in [-0.2, 0) is 0 Å². The summed E-state index contributed by atoms with van der Waals surface area (Å²) in [6.07, 6.45) is 0.343. The maximum absolute atomic E-state index is 12.2. The fraction of sp³-hybridized carbons (Fsp3) is 1.00. The van der Waals surface area contributed by atoms with E-state index in [-0.39, 0.29) is 12.3 Å². The van der Waals surface area contributed by atoms with E-state index in [1.165, 1.54) is 0 Å². The van der Waals surface area contributed by atoms with Crippen molar-refractivity contribution in [3.05, 3.63) is 0 Å². The van der Waals surface area contributed by atoms with Crippen molar-refractivity contribution >= 4 is 0 Å². The van der Waals surface area contributed by atoms with Crippen LogP contribution in [0.4, 0.5) is 13.2 Å². The second-order valence-corrected chi connectivity index (χ2v) is 2.71. The zero-order valence-corrected chi connectivity index (χ0v) is 6.33. The Morgan fingerprint density at radius 3 is 2.20 bits per heavy atom. The van der Waals surface area contributed by atoms with Crippen molar-refractivity contribution in [2.45, 2.75) is 32.6 Å². The van der Waals surface area contributed by atoms with Gasteiger partial charge in [0.05, 0.1) is 0 Å². The fourth-order valence-electron chi connectivity index (χ4n) is 0.709. The van der Waals surface area contributed by atoms with Gasteiger partial charge < -0.3 is 0 Å². The predicted octanol–water partition coefficient (Wildman–Crippen LogP) is 3.03. The predicted molar refractivity (Wildman–Crippen MR) is 35.0 cm³/mol. The highest BCUT2D eigenvalue weighted by Gasteiger charge is 2.30. The molecule has 62 valence electrons. The van der Waals surface area contributed by atoms with Crippen molar-refractivity contribution in [2.24, 2.45) is 5.92 Å². The van der Waals surface area contributed by atoms with Crippen molar-refractivity contribution in [3.63, 3.8) is 0 Å². The molecule has 0 N–H and O–H groups in total. The summed E-state index contributed by atoms with van der Waals surface area (Å²) in [4.78, 5) is 0. The van der Waals surface area contributed by atoms with Gasteiger partial charge >= 0.3 is 0 Å². The summed E-state index contributed by atoms with van der Waals surface area (Å²) in [5.41, 5.74) is 0. The SMILES string of the molecule is CCC(C)CC(F)(F)CF. The van der Waals surface area contributed by atoms with Crippen molar-refractivity contribution in [1.82, 2.24) is 0 Å². The molecule has 1 atom stereocenters. The zero-order chi connectivity index (χ0) is 8.20. The highest BCUT2D eigenvalue weighted by molar-refractivity contribution is 4.67. The van der Waals surface area contributed by atoms with E-state index in [0.29, 0.717) is 6.42 Å². The molecule has 0 saturated carbocycles. The first-order valence-corrected chi connectivity index (χ1v) is 3.45. The molecule has 0 rings (SSSR count). The van der Waals surface area contributed by atoms with Crippen LogP contribution in [0.15, 0.2) is 0 Å². The van der Waals surface area contributed by atoms with Gasteiger partial charge in [-0.3, -0.25) is 0 Å². The summed E-state index contributed by atoms with van der Waals surface area (Å²) in [7, 11) is 0. The topological polar surface area (TPSA) is 0 Å². The van der Waals surface area contributed by atoms with Gasteiger partial charge in [0.1, 0.15) is 0 Å². The van der Waals surface area contributed by atoms with Crippen LogP contribution in [0.1, 0.15) is 26.7 Å². The van der Waals surface area contributed by atoms with E-state index in [2.05, 4.69) is 0 Å². The second-order valence-electron chi connectivity index (χ2n) is 2.71. The summed E-state index contributed by atoms with van der Waals surface area (Å²) >= 11 is 0. The molecule has 0 aromatic heterocycles. The maximum atomic E-state index is 12.2. The Kier molecular flexibility index (Phi) is 3.76. The lowest BCUT2D eigenvalue weighted by atomic mass is 10.0. The molecule has 0 amide bonds. The Balaban J connectivity index is 3.64. The van der Waals surface area contributed by atoms with E-state index in [1.54, 1.807) is 6.92 Å². The van der Waals surface area contributed by atoms with Crippen LogP contribution in [0.25, 0.3) is 0 Å². The average molecular weight is 154 g/mol. The Hall–Kier alpha value is -0.210. The normalized spacial score (nSPS) is 15.3. The van der Waals surface area contributed by atoms with E-state index in [0.717, 1.165) is 0 Å². The van der Waals surface area contributed by atoms with Crippen LogP contribution in [-0.4, -0.2) is 12.6 Å². The van der Waals surface area contributed by atoms with Gasteiger partial charge in [0, 0.05) is 6.42 Å². The van der Waals surface area contributed by atoms with Gasteiger partial charge in [-0.05, 0) is 5.92 Å². The molecule has 0 aromatic carbocycles. The molecule has 1 unspecified atom stereocenters. The van der Waals surface area contributed by atoms with Crippen LogP contribution in [0, 0.1) is 5.92 Å². The molecule has 0 aliphatic rings. The molecule has 3 heteroatoms. The molecule has 0 heterocycles.